The summed E-state index contributed by atoms with van der Waals surface area (Å²) in [5, 5.41) is 3.87. The lowest BCUT2D eigenvalue weighted by atomic mass is 9.78. The summed E-state index contributed by atoms with van der Waals surface area (Å²) in [5.41, 5.74) is 0.435. The molecule has 1 heteroatoms. The molecule has 1 rings (SSSR count). The molecule has 1 fully saturated rings. The van der Waals surface area contributed by atoms with Crippen molar-refractivity contribution >= 4 is 0 Å². The summed E-state index contributed by atoms with van der Waals surface area (Å²) >= 11 is 0. The normalized spacial score (nSPS) is 25.8. The van der Waals surface area contributed by atoms with Crippen LogP contribution in [0.2, 0.25) is 0 Å². The lowest BCUT2D eigenvalue weighted by Crippen LogP contribution is -2.49. The van der Waals surface area contributed by atoms with E-state index in [2.05, 4.69) is 25.7 Å². The van der Waals surface area contributed by atoms with Crippen molar-refractivity contribution in [3.05, 3.63) is 12.7 Å². The van der Waals surface area contributed by atoms with E-state index >= 15 is 0 Å². The Morgan fingerprint density at radius 3 is 2.71 bits per heavy atom. The van der Waals surface area contributed by atoms with Gasteiger partial charge in [0.25, 0.3) is 0 Å². The summed E-state index contributed by atoms with van der Waals surface area (Å²) in [6.45, 7) is 9.80. The molecular weight excluding hydrogens is 206 g/mol. The van der Waals surface area contributed by atoms with E-state index in [1.54, 1.807) is 0 Å². The first-order chi connectivity index (χ1) is 8.21. The zero-order valence-corrected chi connectivity index (χ0v) is 11.9. The van der Waals surface area contributed by atoms with Crippen molar-refractivity contribution in [1.29, 1.82) is 0 Å². The second kappa shape index (κ2) is 7.92. The van der Waals surface area contributed by atoms with Gasteiger partial charge in [-0.15, -0.1) is 6.58 Å². The van der Waals surface area contributed by atoms with Gasteiger partial charge in [0, 0.05) is 5.54 Å². The number of rotatable bonds is 7. The van der Waals surface area contributed by atoms with Gasteiger partial charge in [-0.05, 0) is 44.6 Å². The molecule has 1 atom stereocenters. The molecule has 17 heavy (non-hydrogen) atoms. The van der Waals surface area contributed by atoms with Gasteiger partial charge in [-0.1, -0.05) is 45.6 Å². The monoisotopic (exact) mass is 237 g/mol. The van der Waals surface area contributed by atoms with E-state index in [0.717, 1.165) is 5.92 Å². The van der Waals surface area contributed by atoms with E-state index in [1.807, 2.05) is 6.08 Å². The zero-order valence-electron chi connectivity index (χ0n) is 11.9. The molecule has 1 heterocycles. The lowest BCUT2D eigenvalue weighted by molar-refractivity contribution is 0.204. The Hall–Kier alpha value is -0.300. The number of hydrogen-bond donors (Lipinski definition) is 1. The van der Waals surface area contributed by atoms with Gasteiger partial charge in [-0.2, -0.15) is 0 Å². The van der Waals surface area contributed by atoms with Crippen molar-refractivity contribution in [2.75, 3.05) is 6.54 Å². The van der Waals surface area contributed by atoms with Crippen LogP contribution in [-0.2, 0) is 0 Å². The molecular formula is C16H31N. The van der Waals surface area contributed by atoms with Crippen LogP contribution in [0.1, 0.15) is 71.6 Å². The second-order valence-corrected chi connectivity index (χ2v) is 5.94. The van der Waals surface area contributed by atoms with Crippen molar-refractivity contribution in [1.82, 2.24) is 5.32 Å². The molecule has 0 spiro atoms. The molecule has 0 bridgehead atoms. The summed E-state index contributed by atoms with van der Waals surface area (Å²) in [5.74, 6) is 0.764. The highest BCUT2D eigenvalue weighted by Gasteiger charge is 2.32. The first kappa shape index (κ1) is 14.8. The van der Waals surface area contributed by atoms with Crippen LogP contribution in [0.3, 0.4) is 0 Å². The highest BCUT2D eigenvalue weighted by molar-refractivity contribution is 4.92. The summed E-state index contributed by atoms with van der Waals surface area (Å²) in [6, 6.07) is 0. The number of hydrogen-bond acceptors (Lipinski definition) is 1. The van der Waals surface area contributed by atoms with Crippen LogP contribution in [0.15, 0.2) is 12.7 Å². The van der Waals surface area contributed by atoms with Crippen LogP contribution >= 0.6 is 0 Å². The second-order valence-electron chi connectivity index (χ2n) is 5.94. The summed E-state index contributed by atoms with van der Waals surface area (Å²) < 4.78 is 0. The highest BCUT2D eigenvalue weighted by Crippen LogP contribution is 2.31. The van der Waals surface area contributed by atoms with Crippen LogP contribution in [0, 0.1) is 5.92 Å². The van der Waals surface area contributed by atoms with Crippen molar-refractivity contribution in [3.63, 3.8) is 0 Å². The Bertz CT molecular complexity index is 200. The molecule has 1 aliphatic heterocycles. The maximum Gasteiger partial charge on any atom is 0.0204 e. The van der Waals surface area contributed by atoms with Gasteiger partial charge in [0.15, 0.2) is 0 Å². The third kappa shape index (κ3) is 4.83. The molecule has 1 N–H and O–H groups in total. The quantitative estimate of drug-likeness (QED) is 0.501. The molecule has 100 valence electrons. The number of unbranched alkanes of at least 4 members (excludes halogenated alkanes) is 3. The Balaban J connectivity index is 2.38. The SMILES string of the molecule is C=CCCCCCC1(C(C)C)CCCCCN1. The average Bonchev–Trinajstić information content (AvgIpc) is 2.55. The maximum atomic E-state index is 3.87. The molecule has 1 aliphatic rings. The van der Waals surface area contributed by atoms with Gasteiger partial charge < -0.3 is 5.32 Å². The van der Waals surface area contributed by atoms with E-state index < -0.39 is 0 Å². The molecule has 0 aromatic carbocycles. The summed E-state index contributed by atoms with van der Waals surface area (Å²) in [6.07, 6.45) is 14.2. The van der Waals surface area contributed by atoms with Crippen LogP contribution in [0.4, 0.5) is 0 Å². The summed E-state index contributed by atoms with van der Waals surface area (Å²) in [4.78, 5) is 0. The van der Waals surface area contributed by atoms with Crippen LogP contribution in [-0.4, -0.2) is 12.1 Å². The highest BCUT2D eigenvalue weighted by atomic mass is 15.0. The van der Waals surface area contributed by atoms with Crippen LogP contribution < -0.4 is 5.32 Å². The Morgan fingerprint density at radius 2 is 2.00 bits per heavy atom. The minimum Gasteiger partial charge on any atom is -0.311 e. The zero-order chi connectivity index (χ0) is 12.6. The molecule has 1 unspecified atom stereocenters. The van der Waals surface area contributed by atoms with E-state index in [4.69, 9.17) is 0 Å². The Morgan fingerprint density at radius 1 is 1.18 bits per heavy atom. The van der Waals surface area contributed by atoms with Gasteiger partial charge in [-0.25, -0.2) is 0 Å². The molecule has 1 nitrogen and oxygen atoms in total. The van der Waals surface area contributed by atoms with Crippen molar-refractivity contribution < 1.29 is 0 Å². The predicted molar refractivity (Wildman–Crippen MR) is 77.3 cm³/mol. The topological polar surface area (TPSA) is 12.0 Å². The minimum absolute atomic E-state index is 0.435. The van der Waals surface area contributed by atoms with Gasteiger partial charge in [-0.3, -0.25) is 0 Å². The van der Waals surface area contributed by atoms with Gasteiger partial charge in [0.05, 0.1) is 0 Å². The standard InChI is InChI=1S/C16H31N/c1-4-5-6-7-9-12-16(15(2)3)13-10-8-11-14-17-16/h4,15,17H,1,5-14H2,2-3H3. The first-order valence-corrected chi connectivity index (χ1v) is 7.57. The van der Waals surface area contributed by atoms with Gasteiger partial charge in [0.2, 0.25) is 0 Å². The predicted octanol–water partition coefficient (Wildman–Crippen LogP) is 4.68. The summed E-state index contributed by atoms with van der Waals surface area (Å²) in [7, 11) is 0. The number of nitrogens with one attached hydrogen (secondary N) is 1. The Labute approximate surface area is 108 Å². The molecule has 0 aromatic rings. The maximum absolute atomic E-state index is 3.87. The van der Waals surface area contributed by atoms with Crippen LogP contribution in [0.5, 0.6) is 0 Å². The van der Waals surface area contributed by atoms with E-state index in [-0.39, 0.29) is 0 Å². The Kier molecular flexibility index (Phi) is 6.87. The first-order valence-electron chi connectivity index (χ1n) is 7.57. The van der Waals surface area contributed by atoms with E-state index in [1.165, 1.54) is 64.3 Å². The minimum atomic E-state index is 0.435. The molecule has 1 saturated heterocycles. The third-order valence-electron chi connectivity index (χ3n) is 4.41. The number of allylic oxidation sites excluding steroid dienone is 1. The van der Waals surface area contributed by atoms with Gasteiger partial charge >= 0.3 is 0 Å². The largest absolute Gasteiger partial charge is 0.311 e. The molecule has 0 amide bonds. The lowest BCUT2D eigenvalue weighted by Gasteiger charge is -2.38. The van der Waals surface area contributed by atoms with Crippen LogP contribution in [0.25, 0.3) is 0 Å². The fourth-order valence-electron chi connectivity index (χ4n) is 3.07. The van der Waals surface area contributed by atoms with Crippen molar-refractivity contribution in [2.45, 2.75) is 77.2 Å². The smallest absolute Gasteiger partial charge is 0.0204 e. The van der Waals surface area contributed by atoms with Crippen molar-refractivity contribution in [3.8, 4) is 0 Å². The van der Waals surface area contributed by atoms with Crippen molar-refractivity contribution in [2.24, 2.45) is 5.92 Å². The molecule has 0 aliphatic carbocycles. The molecule has 0 radical (unpaired) electrons. The average molecular weight is 237 g/mol. The molecule has 0 saturated carbocycles. The van der Waals surface area contributed by atoms with E-state index in [9.17, 15) is 0 Å². The fraction of sp³-hybridized carbons (Fsp3) is 0.875. The van der Waals surface area contributed by atoms with E-state index in [0.29, 0.717) is 5.54 Å². The van der Waals surface area contributed by atoms with Gasteiger partial charge in [0.1, 0.15) is 0 Å². The fourth-order valence-corrected chi connectivity index (χ4v) is 3.07. The molecule has 0 aromatic heterocycles. The third-order valence-corrected chi connectivity index (χ3v) is 4.41.